The molecule has 2 amide bonds. The highest BCUT2D eigenvalue weighted by Gasteiger charge is 2.54. The van der Waals surface area contributed by atoms with Crippen molar-refractivity contribution in [3.63, 3.8) is 0 Å². The van der Waals surface area contributed by atoms with Crippen LogP contribution in [-0.2, 0) is 9.59 Å². The van der Waals surface area contributed by atoms with Crippen LogP contribution in [0.5, 0.6) is 0 Å². The van der Waals surface area contributed by atoms with Gasteiger partial charge in [0.15, 0.2) is 0 Å². The third-order valence-electron chi connectivity index (χ3n) is 7.16. The van der Waals surface area contributed by atoms with Crippen LogP contribution in [0.1, 0.15) is 51.4 Å². The lowest BCUT2D eigenvalue weighted by molar-refractivity contribution is -0.188. The summed E-state index contributed by atoms with van der Waals surface area (Å²) in [5.74, 6) is 0.0254. The van der Waals surface area contributed by atoms with Gasteiger partial charge in [0, 0.05) is 18.5 Å². The Morgan fingerprint density at radius 2 is 1.62 bits per heavy atom. The topological polar surface area (TPSA) is 49.4 Å². The van der Waals surface area contributed by atoms with Gasteiger partial charge in [-0.3, -0.25) is 9.59 Å². The Balaban J connectivity index is 1.32. The molecule has 0 aromatic carbocycles. The van der Waals surface area contributed by atoms with Crippen LogP contribution in [-0.4, -0.2) is 42.5 Å². The molecular weight excluding hydrogens is 345 g/mol. The molecule has 4 aliphatic carbocycles. The van der Waals surface area contributed by atoms with E-state index in [1.165, 1.54) is 24.2 Å². The van der Waals surface area contributed by atoms with Crippen molar-refractivity contribution in [2.75, 3.05) is 19.6 Å². The molecule has 1 heterocycles. The van der Waals surface area contributed by atoms with Crippen LogP contribution in [0.15, 0.2) is 0 Å². The molecule has 0 aromatic rings. The summed E-state index contributed by atoms with van der Waals surface area (Å²) in [6, 6.07) is 0. The molecule has 4 saturated carbocycles. The van der Waals surface area contributed by atoms with Gasteiger partial charge in [-0.15, -0.1) is 0 Å². The number of carbonyl (C=O) groups is 2. The van der Waals surface area contributed by atoms with E-state index >= 15 is 0 Å². The van der Waals surface area contributed by atoms with Crippen molar-refractivity contribution in [2.45, 2.75) is 57.5 Å². The first-order chi connectivity index (χ1) is 12.2. The molecule has 1 aliphatic heterocycles. The molecule has 1 saturated heterocycles. The fraction of sp³-hybridized carbons (Fsp3) is 0.895. The van der Waals surface area contributed by atoms with Gasteiger partial charge >= 0.3 is 6.18 Å². The third kappa shape index (κ3) is 3.33. The van der Waals surface area contributed by atoms with E-state index in [0.717, 1.165) is 19.3 Å². The number of piperidine rings is 1. The number of likely N-dealkylation sites (tertiary alicyclic amines) is 1. The molecular formula is C19H27F3N2O2. The minimum absolute atomic E-state index is 0.0469. The maximum absolute atomic E-state index is 12.9. The van der Waals surface area contributed by atoms with Gasteiger partial charge in [-0.25, -0.2) is 0 Å². The number of nitrogens with one attached hydrogen (secondary N) is 1. The van der Waals surface area contributed by atoms with Crippen molar-refractivity contribution in [2.24, 2.45) is 29.1 Å². The lowest BCUT2D eigenvalue weighted by atomic mass is 9.49. The molecule has 146 valence electrons. The van der Waals surface area contributed by atoms with E-state index in [2.05, 4.69) is 5.32 Å². The second-order valence-corrected chi connectivity index (χ2v) is 9.10. The van der Waals surface area contributed by atoms with E-state index in [4.69, 9.17) is 0 Å². The first-order valence-corrected chi connectivity index (χ1v) is 9.88. The largest absolute Gasteiger partial charge is 0.393 e. The summed E-state index contributed by atoms with van der Waals surface area (Å²) in [5.41, 5.74) is -0.328. The molecule has 0 spiro atoms. The van der Waals surface area contributed by atoms with E-state index in [9.17, 15) is 22.8 Å². The Kier molecular flexibility index (Phi) is 4.47. The van der Waals surface area contributed by atoms with E-state index in [0.29, 0.717) is 30.7 Å². The van der Waals surface area contributed by atoms with E-state index in [-0.39, 0.29) is 30.8 Å². The zero-order chi connectivity index (χ0) is 18.5. The summed E-state index contributed by atoms with van der Waals surface area (Å²) in [4.78, 5) is 26.5. The van der Waals surface area contributed by atoms with Crippen molar-refractivity contribution in [3.05, 3.63) is 0 Å². The number of nitrogens with zero attached hydrogens (tertiary/aromatic N) is 1. The molecule has 1 N–H and O–H groups in total. The van der Waals surface area contributed by atoms with Crippen LogP contribution >= 0.6 is 0 Å². The van der Waals surface area contributed by atoms with Gasteiger partial charge in [0.25, 0.3) is 0 Å². The SMILES string of the molecule is O=C(CNC(=O)C12CC3CC(CC(C3)C1)C2)N1CCC[C@H](C(F)(F)F)C1. The minimum Gasteiger partial charge on any atom is -0.347 e. The Labute approximate surface area is 151 Å². The standard InChI is InChI=1S/C19H27F3N2O2/c20-19(21,22)15-2-1-3-24(11-15)16(25)10-23-17(26)18-7-12-4-13(8-18)6-14(5-12)9-18/h12-15H,1-11H2,(H,23,26)/t12?,13?,14?,15-,18?/m0/s1. The molecule has 5 rings (SSSR count). The zero-order valence-electron chi connectivity index (χ0n) is 15.0. The molecule has 0 radical (unpaired) electrons. The van der Waals surface area contributed by atoms with Gasteiger partial charge in [0.1, 0.15) is 0 Å². The normalized spacial score (nSPS) is 39.1. The monoisotopic (exact) mass is 372 g/mol. The second kappa shape index (κ2) is 6.41. The summed E-state index contributed by atoms with van der Waals surface area (Å²) in [7, 11) is 0. The summed E-state index contributed by atoms with van der Waals surface area (Å²) >= 11 is 0. The Hall–Kier alpha value is -1.27. The van der Waals surface area contributed by atoms with Gasteiger partial charge < -0.3 is 10.2 Å². The number of rotatable bonds is 3. The molecule has 5 aliphatic rings. The minimum atomic E-state index is -4.26. The lowest BCUT2D eigenvalue weighted by Crippen LogP contribution is -2.55. The fourth-order valence-corrected chi connectivity index (χ4v) is 6.31. The maximum Gasteiger partial charge on any atom is 0.393 e. The van der Waals surface area contributed by atoms with E-state index in [1.807, 2.05) is 0 Å². The predicted molar refractivity (Wildman–Crippen MR) is 89.0 cm³/mol. The fourth-order valence-electron chi connectivity index (χ4n) is 6.31. The number of hydrogen-bond donors (Lipinski definition) is 1. The summed E-state index contributed by atoms with van der Waals surface area (Å²) in [6.45, 7) is -0.112. The number of alkyl halides is 3. The van der Waals surface area contributed by atoms with Gasteiger partial charge in [0.05, 0.1) is 12.5 Å². The molecule has 26 heavy (non-hydrogen) atoms. The molecule has 4 bridgehead atoms. The summed E-state index contributed by atoms with van der Waals surface area (Å²) < 4.78 is 38.7. The molecule has 1 atom stereocenters. The highest BCUT2D eigenvalue weighted by Crippen LogP contribution is 2.60. The smallest absolute Gasteiger partial charge is 0.347 e. The van der Waals surface area contributed by atoms with Crippen LogP contribution in [0.25, 0.3) is 0 Å². The molecule has 0 aromatic heterocycles. The first kappa shape index (κ1) is 18.1. The van der Waals surface area contributed by atoms with Crippen molar-refractivity contribution in [1.29, 1.82) is 0 Å². The number of carbonyl (C=O) groups excluding carboxylic acids is 2. The van der Waals surface area contributed by atoms with Crippen molar-refractivity contribution < 1.29 is 22.8 Å². The average molecular weight is 372 g/mol. The van der Waals surface area contributed by atoms with Gasteiger partial charge in [-0.2, -0.15) is 13.2 Å². The van der Waals surface area contributed by atoms with Crippen molar-refractivity contribution in [1.82, 2.24) is 10.2 Å². The van der Waals surface area contributed by atoms with Crippen LogP contribution in [0, 0.1) is 29.1 Å². The Bertz CT molecular complexity index is 555. The van der Waals surface area contributed by atoms with Crippen LogP contribution in [0.2, 0.25) is 0 Å². The molecule has 0 unspecified atom stereocenters. The average Bonchev–Trinajstić information content (AvgIpc) is 2.57. The van der Waals surface area contributed by atoms with Gasteiger partial charge in [-0.1, -0.05) is 0 Å². The van der Waals surface area contributed by atoms with Gasteiger partial charge in [0.2, 0.25) is 11.8 Å². The van der Waals surface area contributed by atoms with E-state index < -0.39 is 18.0 Å². The number of hydrogen-bond acceptors (Lipinski definition) is 2. The zero-order valence-corrected chi connectivity index (χ0v) is 15.0. The third-order valence-corrected chi connectivity index (χ3v) is 7.16. The maximum atomic E-state index is 12.9. The second-order valence-electron chi connectivity index (χ2n) is 9.10. The predicted octanol–water partition coefficient (Wildman–Crippen LogP) is 3.12. The number of halogens is 3. The van der Waals surface area contributed by atoms with Crippen LogP contribution in [0.4, 0.5) is 13.2 Å². The molecule has 7 heteroatoms. The highest BCUT2D eigenvalue weighted by atomic mass is 19.4. The van der Waals surface area contributed by atoms with Crippen molar-refractivity contribution >= 4 is 11.8 Å². The first-order valence-electron chi connectivity index (χ1n) is 9.88. The Morgan fingerprint density at radius 1 is 1.04 bits per heavy atom. The van der Waals surface area contributed by atoms with E-state index in [1.54, 1.807) is 0 Å². The van der Waals surface area contributed by atoms with Crippen LogP contribution in [0.3, 0.4) is 0 Å². The highest BCUT2D eigenvalue weighted by molar-refractivity contribution is 5.88. The lowest BCUT2D eigenvalue weighted by Gasteiger charge is -2.55. The quantitative estimate of drug-likeness (QED) is 0.828. The number of amides is 2. The van der Waals surface area contributed by atoms with Crippen molar-refractivity contribution in [3.8, 4) is 0 Å². The molecule has 4 nitrogen and oxygen atoms in total. The van der Waals surface area contributed by atoms with Gasteiger partial charge in [-0.05, 0) is 69.1 Å². The Morgan fingerprint density at radius 3 is 2.15 bits per heavy atom. The summed E-state index contributed by atoms with van der Waals surface area (Å²) in [5, 5.41) is 2.78. The molecule has 5 fully saturated rings. The van der Waals surface area contributed by atoms with Crippen LogP contribution < -0.4 is 5.32 Å². The summed E-state index contributed by atoms with van der Waals surface area (Å²) in [6.07, 6.45) is 2.62.